The second-order valence-corrected chi connectivity index (χ2v) is 4.87. The third-order valence-electron chi connectivity index (χ3n) is 3.25. The lowest BCUT2D eigenvalue weighted by Gasteiger charge is -2.16. The average molecular weight is 294 g/mol. The van der Waals surface area contributed by atoms with Gasteiger partial charge in [0.2, 0.25) is 0 Å². The van der Waals surface area contributed by atoms with Crippen LogP contribution < -0.4 is 9.47 Å². The second kappa shape index (κ2) is 7.33. The fourth-order valence-corrected chi connectivity index (χ4v) is 2.30. The van der Waals surface area contributed by atoms with E-state index >= 15 is 0 Å². The van der Waals surface area contributed by atoms with Gasteiger partial charge in [0, 0.05) is 10.8 Å². The molecule has 0 amide bonds. The smallest absolute Gasteiger partial charge is 0.146 e. The maximum atomic E-state index is 9.50. The molecule has 0 aromatic heterocycles. The summed E-state index contributed by atoms with van der Waals surface area (Å²) in [6.45, 7) is 4.99. The van der Waals surface area contributed by atoms with Crippen LogP contribution in [0.25, 0.3) is 10.8 Å². The summed E-state index contributed by atoms with van der Waals surface area (Å²) in [5.41, 5.74) is 0.501. The molecule has 4 nitrogen and oxygen atoms in total. The molecule has 0 heterocycles. The summed E-state index contributed by atoms with van der Waals surface area (Å²) in [6.07, 6.45) is 1.66. The van der Waals surface area contributed by atoms with Crippen molar-refractivity contribution in [2.24, 2.45) is 0 Å². The van der Waals surface area contributed by atoms with E-state index in [1.807, 2.05) is 38.1 Å². The monoisotopic (exact) mass is 294 g/mol. The molecule has 2 rings (SSSR count). The van der Waals surface area contributed by atoms with Gasteiger partial charge in [0.25, 0.3) is 0 Å². The Labute approximate surface area is 130 Å². The van der Waals surface area contributed by atoms with E-state index in [1.165, 1.54) is 0 Å². The van der Waals surface area contributed by atoms with Crippen LogP contribution in [0.4, 0.5) is 0 Å². The van der Waals surface area contributed by atoms with Gasteiger partial charge in [-0.1, -0.05) is 38.1 Å². The van der Waals surface area contributed by atoms with Crippen LogP contribution in [0.1, 0.15) is 37.8 Å². The second-order valence-electron chi connectivity index (χ2n) is 4.87. The lowest BCUT2D eigenvalue weighted by Crippen LogP contribution is -2.04. The molecular weight excluding hydrogens is 276 g/mol. The Kier molecular flexibility index (Phi) is 5.22. The average Bonchev–Trinajstić information content (AvgIpc) is 2.57. The number of nitriles is 2. The number of hydrogen-bond donors (Lipinski definition) is 0. The van der Waals surface area contributed by atoms with Crippen molar-refractivity contribution in [3.05, 3.63) is 35.4 Å². The molecule has 0 spiro atoms. The van der Waals surface area contributed by atoms with E-state index in [-0.39, 0.29) is 11.1 Å². The highest BCUT2D eigenvalue weighted by molar-refractivity contribution is 5.98. The van der Waals surface area contributed by atoms with E-state index in [2.05, 4.69) is 12.1 Å². The quantitative estimate of drug-likeness (QED) is 0.802. The van der Waals surface area contributed by atoms with Crippen LogP contribution >= 0.6 is 0 Å². The Morgan fingerprint density at radius 1 is 0.818 bits per heavy atom. The van der Waals surface area contributed by atoms with Crippen molar-refractivity contribution < 1.29 is 9.47 Å². The van der Waals surface area contributed by atoms with E-state index in [0.717, 1.165) is 23.6 Å². The van der Waals surface area contributed by atoms with Gasteiger partial charge in [-0.3, -0.25) is 0 Å². The van der Waals surface area contributed by atoms with E-state index in [4.69, 9.17) is 9.47 Å². The third kappa shape index (κ3) is 2.82. The zero-order valence-corrected chi connectivity index (χ0v) is 12.8. The van der Waals surface area contributed by atoms with Gasteiger partial charge >= 0.3 is 0 Å². The predicted molar refractivity (Wildman–Crippen MR) is 85.0 cm³/mol. The first-order valence-corrected chi connectivity index (χ1v) is 7.42. The third-order valence-corrected chi connectivity index (χ3v) is 3.25. The Morgan fingerprint density at radius 2 is 1.23 bits per heavy atom. The van der Waals surface area contributed by atoms with Gasteiger partial charge in [0.1, 0.15) is 34.8 Å². The first-order valence-electron chi connectivity index (χ1n) is 7.42. The van der Waals surface area contributed by atoms with Crippen molar-refractivity contribution in [1.29, 1.82) is 10.5 Å². The summed E-state index contributed by atoms with van der Waals surface area (Å²) >= 11 is 0. The normalized spacial score (nSPS) is 10.0. The summed E-state index contributed by atoms with van der Waals surface area (Å²) in [7, 11) is 0. The van der Waals surface area contributed by atoms with Gasteiger partial charge in [-0.15, -0.1) is 0 Å². The number of fused-ring (bicyclic) bond motifs is 1. The lowest BCUT2D eigenvalue weighted by atomic mass is 9.99. The number of ether oxygens (including phenoxy) is 2. The molecule has 0 aliphatic carbocycles. The number of hydrogen-bond acceptors (Lipinski definition) is 4. The number of rotatable bonds is 6. The minimum atomic E-state index is 0.251. The van der Waals surface area contributed by atoms with Crippen molar-refractivity contribution in [3.63, 3.8) is 0 Å². The zero-order valence-electron chi connectivity index (χ0n) is 12.8. The van der Waals surface area contributed by atoms with Crippen molar-refractivity contribution >= 4 is 10.8 Å². The molecule has 0 saturated carbocycles. The number of benzene rings is 2. The van der Waals surface area contributed by atoms with Gasteiger partial charge in [0.15, 0.2) is 0 Å². The van der Waals surface area contributed by atoms with Crippen LogP contribution in [-0.4, -0.2) is 13.2 Å². The molecule has 2 aromatic carbocycles. The van der Waals surface area contributed by atoms with Crippen LogP contribution in [0.15, 0.2) is 24.3 Å². The summed E-state index contributed by atoms with van der Waals surface area (Å²) in [5, 5.41) is 20.6. The van der Waals surface area contributed by atoms with Gasteiger partial charge < -0.3 is 9.47 Å². The molecule has 0 bridgehead atoms. The maximum Gasteiger partial charge on any atom is 0.146 e. The first kappa shape index (κ1) is 15.7. The summed E-state index contributed by atoms with van der Waals surface area (Å²) in [4.78, 5) is 0. The molecule has 0 saturated heterocycles. The highest BCUT2D eigenvalue weighted by atomic mass is 16.5. The highest BCUT2D eigenvalue weighted by Gasteiger charge is 2.21. The fraction of sp³-hybridized carbons (Fsp3) is 0.333. The molecule has 22 heavy (non-hydrogen) atoms. The molecule has 0 fully saturated rings. The standard InChI is InChI=1S/C18H18N2O2/c1-3-9-21-17-13-7-5-6-8-14(13)18(22-10-4-2)16(12-20)15(17)11-19/h5-8H,3-4,9-10H2,1-2H3. The van der Waals surface area contributed by atoms with Crippen molar-refractivity contribution in [1.82, 2.24) is 0 Å². The minimum Gasteiger partial charge on any atom is -0.492 e. The molecule has 0 unspecified atom stereocenters. The minimum absolute atomic E-state index is 0.251. The molecule has 0 atom stereocenters. The lowest BCUT2D eigenvalue weighted by molar-refractivity contribution is 0.312. The summed E-state index contributed by atoms with van der Waals surface area (Å²) in [6, 6.07) is 11.8. The van der Waals surface area contributed by atoms with Crippen LogP contribution in [0.2, 0.25) is 0 Å². The highest BCUT2D eigenvalue weighted by Crippen LogP contribution is 2.40. The fourth-order valence-electron chi connectivity index (χ4n) is 2.30. The molecule has 4 heteroatoms. The van der Waals surface area contributed by atoms with Gasteiger partial charge in [0.05, 0.1) is 13.2 Å². The molecule has 112 valence electrons. The Bertz CT molecular complexity index is 690. The van der Waals surface area contributed by atoms with Crippen LogP contribution in [0, 0.1) is 22.7 Å². The van der Waals surface area contributed by atoms with Gasteiger partial charge in [-0.25, -0.2) is 0 Å². The SMILES string of the molecule is CCCOc1c(C#N)c(C#N)c(OCCC)c2ccccc12. The molecule has 0 aliphatic rings. The van der Waals surface area contributed by atoms with E-state index < -0.39 is 0 Å². The Morgan fingerprint density at radius 3 is 1.55 bits per heavy atom. The van der Waals surface area contributed by atoms with E-state index in [0.29, 0.717) is 24.7 Å². The molecular formula is C18H18N2O2. The number of nitrogens with zero attached hydrogens (tertiary/aromatic N) is 2. The molecule has 0 aliphatic heterocycles. The molecule has 0 N–H and O–H groups in total. The molecule has 0 radical (unpaired) electrons. The van der Waals surface area contributed by atoms with Crippen molar-refractivity contribution in [2.75, 3.05) is 13.2 Å². The van der Waals surface area contributed by atoms with Crippen LogP contribution in [0.5, 0.6) is 11.5 Å². The topological polar surface area (TPSA) is 66.0 Å². The Balaban J connectivity index is 2.79. The van der Waals surface area contributed by atoms with Crippen molar-refractivity contribution in [2.45, 2.75) is 26.7 Å². The first-order chi connectivity index (χ1) is 10.8. The summed E-state index contributed by atoms with van der Waals surface area (Å²) < 4.78 is 11.5. The van der Waals surface area contributed by atoms with E-state index in [1.54, 1.807) is 0 Å². The maximum absolute atomic E-state index is 9.50. The summed E-state index contributed by atoms with van der Waals surface area (Å²) in [5.74, 6) is 0.945. The Hall–Kier alpha value is -2.72. The van der Waals surface area contributed by atoms with Crippen LogP contribution in [0.3, 0.4) is 0 Å². The van der Waals surface area contributed by atoms with Gasteiger partial charge in [-0.05, 0) is 12.8 Å². The predicted octanol–water partition coefficient (Wildman–Crippen LogP) is 4.16. The van der Waals surface area contributed by atoms with Crippen molar-refractivity contribution in [3.8, 4) is 23.6 Å². The molecule has 2 aromatic rings. The zero-order chi connectivity index (χ0) is 15.9. The largest absolute Gasteiger partial charge is 0.492 e. The van der Waals surface area contributed by atoms with Gasteiger partial charge in [-0.2, -0.15) is 10.5 Å². The van der Waals surface area contributed by atoms with Crippen LogP contribution in [-0.2, 0) is 0 Å². The van der Waals surface area contributed by atoms with E-state index in [9.17, 15) is 10.5 Å².